The Bertz CT molecular complexity index is 1050. The summed E-state index contributed by atoms with van der Waals surface area (Å²) in [4.78, 5) is 24.0. The Balaban J connectivity index is 2.03. The highest BCUT2D eigenvalue weighted by Gasteiger charge is 2.16. The first-order chi connectivity index (χ1) is 11.2. The summed E-state index contributed by atoms with van der Waals surface area (Å²) in [5, 5.41) is 8.98. The van der Waals surface area contributed by atoms with E-state index in [0.717, 1.165) is 26.9 Å². The van der Waals surface area contributed by atoms with Crippen molar-refractivity contribution >= 4 is 44.1 Å². The normalized spacial score (nSPS) is 11.3. The van der Waals surface area contributed by atoms with Crippen LogP contribution in [0.2, 0.25) is 0 Å². The smallest absolute Gasteiger partial charge is 0.258 e. The molecular formula is C20H15NO2. The van der Waals surface area contributed by atoms with Crippen molar-refractivity contribution in [3.8, 4) is 0 Å². The molecule has 2 amide bonds. The van der Waals surface area contributed by atoms with E-state index >= 15 is 0 Å². The van der Waals surface area contributed by atoms with Gasteiger partial charge in [0, 0.05) is 12.0 Å². The van der Waals surface area contributed by atoms with E-state index in [1.165, 1.54) is 5.39 Å². The van der Waals surface area contributed by atoms with Gasteiger partial charge in [0.1, 0.15) is 0 Å². The van der Waals surface area contributed by atoms with E-state index in [4.69, 9.17) is 0 Å². The van der Waals surface area contributed by atoms with Crippen molar-refractivity contribution in [2.24, 2.45) is 0 Å². The van der Waals surface area contributed by atoms with Gasteiger partial charge in [-0.1, -0.05) is 55.5 Å². The Kier molecular flexibility index (Phi) is 3.01. The van der Waals surface area contributed by atoms with Crippen molar-refractivity contribution in [1.29, 1.82) is 0 Å². The van der Waals surface area contributed by atoms with Crippen LogP contribution in [0.3, 0.4) is 0 Å². The van der Waals surface area contributed by atoms with Crippen LogP contribution >= 0.6 is 0 Å². The van der Waals surface area contributed by atoms with Crippen LogP contribution in [0.1, 0.15) is 23.7 Å². The van der Waals surface area contributed by atoms with Gasteiger partial charge in [-0.25, -0.2) is 0 Å². The van der Waals surface area contributed by atoms with E-state index in [1.807, 2.05) is 24.3 Å². The Hall–Kier alpha value is -2.94. The van der Waals surface area contributed by atoms with Gasteiger partial charge in [-0.15, -0.1) is 0 Å². The van der Waals surface area contributed by atoms with Gasteiger partial charge in [0.15, 0.2) is 0 Å². The van der Waals surface area contributed by atoms with Gasteiger partial charge in [-0.05, 0) is 38.4 Å². The number of carbonyl (C=O) groups excluding carboxylic acids is 2. The second-order valence-corrected chi connectivity index (χ2v) is 5.70. The van der Waals surface area contributed by atoms with Crippen LogP contribution in [-0.2, 0) is 4.79 Å². The fourth-order valence-corrected chi connectivity index (χ4v) is 3.22. The second-order valence-electron chi connectivity index (χ2n) is 5.70. The standard InChI is InChI=1S/C20H15NO2/c1-2-17(22)21-20(23)16-11-9-14-7-6-12-4-3-5-13-8-10-15(16)19(14)18(12)13/h3-11H,2H2,1H3,(H,21,22,23). The molecule has 0 aliphatic carbocycles. The lowest BCUT2D eigenvalue weighted by atomic mass is 9.92. The number of nitrogens with one attached hydrogen (secondary N) is 1. The minimum atomic E-state index is -0.338. The zero-order valence-electron chi connectivity index (χ0n) is 12.7. The molecule has 4 rings (SSSR count). The molecule has 0 saturated carbocycles. The van der Waals surface area contributed by atoms with E-state index in [0.29, 0.717) is 5.56 Å². The van der Waals surface area contributed by atoms with E-state index in [9.17, 15) is 9.59 Å². The van der Waals surface area contributed by atoms with Crippen molar-refractivity contribution in [3.05, 3.63) is 60.2 Å². The topological polar surface area (TPSA) is 46.2 Å². The SMILES string of the molecule is CCC(=O)NC(=O)c1ccc2ccc3cccc4ccc1c2c34. The summed E-state index contributed by atoms with van der Waals surface area (Å²) in [7, 11) is 0. The highest BCUT2D eigenvalue weighted by molar-refractivity contribution is 6.26. The maximum absolute atomic E-state index is 12.4. The van der Waals surface area contributed by atoms with Crippen LogP contribution in [0.4, 0.5) is 0 Å². The average molecular weight is 301 g/mol. The summed E-state index contributed by atoms with van der Waals surface area (Å²) < 4.78 is 0. The van der Waals surface area contributed by atoms with Gasteiger partial charge in [0.05, 0.1) is 0 Å². The summed E-state index contributed by atoms with van der Waals surface area (Å²) in [6.45, 7) is 1.73. The Morgan fingerprint density at radius 3 is 2.13 bits per heavy atom. The Labute approximate surface area is 133 Å². The molecule has 3 nitrogen and oxygen atoms in total. The van der Waals surface area contributed by atoms with E-state index in [2.05, 4.69) is 29.6 Å². The molecule has 0 spiro atoms. The number of amides is 2. The molecule has 0 aromatic heterocycles. The van der Waals surface area contributed by atoms with Crippen LogP contribution < -0.4 is 5.32 Å². The third-order valence-corrected chi connectivity index (χ3v) is 4.35. The van der Waals surface area contributed by atoms with Crippen LogP contribution in [0.15, 0.2) is 54.6 Å². The number of hydrogen-bond donors (Lipinski definition) is 1. The zero-order chi connectivity index (χ0) is 16.0. The van der Waals surface area contributed by atoms with Crippen LogP contribution in [0.25, 0.3) is 32.3 Å². The van der Waals surface area contributed by atoms with Crippen molar-refractivity contribution in [2.75, 3.05) is 0 Å². The maximum atomic E-state index is 12.4. The molecule has 0 bridgehead atoms. The lowest BCUT2D eigenvalue weighted by molar-refractivity contribution is -0.119. The van der Waals surface area contributed by atoms with Gasteiger partial charge in [-0.2, -0.15) is 0 Å². The average Bonchev–Trinajstić information content (AvgIpc) is 2.59. The molecule has 0 fully saturated rings. The highest BCUT2D eigenvalue weighted by atomic mass is 16.2. The summed E-state index contributed by atoms with van der Waals surface area (Å²) in [5.41, 5.74) is 0.539. The monoisotopic (exact) mass is 301 g/mol. The quantitative estimate of drug-likeness (QED) is 0.563. The summed E-state index contributed by atoms with van der Waals surface area (Å²) in [5.74, 6) is -0.601. The maximum Gasteiger partial charge on any atom is 0.258 e. The Morgan fingerprint density at radius 2 is 1.43 bits per heavy atom. The summed E-state index contributed by atoms with van der Waals surface area (Å²) in [6, 6.07) is 18.1. The van der Waals surface area contributed by atoms with E-state index in [1.54, 1.807) is 13.0 Å². The molecule has 1 N–H and O–H groups in total. The molecule has 0 saturated heterocycles. The first-order valence-electron chi connectivity index (χ1n) is 7.69. The summed E-state index contributed by atoms with van der Waals surface area (Å²) >= 11 is 0. The largest absolute Gasteiger partial charge is 0.292 e. The molecule has 3 heteroatoms. The molecular weight excluding hydrogens is 286 g/mol. The molecule has 4 aromatic rings. The molecule has 112 valence electrons. The van der Waals surface area contributed by atoms with Gasteiger partial charge in [0.2, 0.25) is 5.91 Å². The van der Waals surface area contributed by atoms with E-state index in [-0.39, 0.29) is 18.2 Å². The minimum absolute atomic E-state index is 0.263. The van der Waals surface area contributed by atoms with Crippen LogP contribution in [0.5, 0.6) is 0 Å². The van der Waals surface area contributed by atoms with Crippen molar-refractivity contribution < 1.29 is 9.59 Å². The van der Waals surface area contributed by atoms with Crippen molar-refractivity contribution in [2.45, 2.75) is 13.3 Å². The molecule has 0 aliphatic rings. The predicted molar refractivity (Wildman–Crippen MR) is 92.9 cm³/mol. The van der Waals surface area contributed by atoms with Crippen LogP contribution in [0, 0.1) is 0 Å². The predicted octanol–water partition coefficient (Wildman–Crippen LogP) is 4.25. The molecule has 0 unspecified atom stereocenters. The second kappa shape index (κ2) is 5.06. The number of imide groups is 1. The Morgan fingerprint density at radius 1 is 0.826 bits per heavy atom. The molecule has 0 heterocycles. The lowest BCUT2D eigenvalue weighted by Gasteiger charge is -2.13. The third kappa shape index (κ3) is 2.05. The van der Waals surface area contributed by atoms with Gasteiger partial charge >= 0.3 is 0 Å². The molecule has 0 atom stereocenters. The third-order valence-electron chi connectivity index (χ3n) is 4.35. The molecule has 4 aromatic carbocycles. The fraction of sp³-hybridized carbons (Fsp3) is 0.100. The first kappa shape index (κ1) is 13.7. The van der Waals surface area contributed by atoms with Crippen LogP contribution in [-0.4, -0.2) is 11.8 Å². The fourth-order valence-electron chi connectivity index (χ4n) is 3.22. The number of benzene rings is 4. The number of rotatable bonds is 2. The van der Waals surface area contributed by atoms with Crippen molar-refractivity contribution in [3.63, 3.8) is 0 Å². The van der Waals surface area contributed by atoms with Gasteiger partial charge in [-0.3, -0.25) is 14.9 Å². The van der Waals surface area contributed by atoms with Crippen molar-refractivity contribution in [1.82, 2.24) is 5.32 Å². The first-order valence-corrected chi connectivity index (χ1v) is 7.69. The lowest BCUT2D eigenvalue weighted by Crippen LogP contribution is -2.29. The van der Waals surface area contributed by atoms with Gasteiger partial charge in [0.25, 0.3) is 5.91 Å². The molecule has 0 aliphatic heterocycles. The molecule has 23 heavy (non-hydrogen) atoms. The number of carbonyl (C=O) groups is 2. The summed E-state index contributed by atoms with van der Waals surface area (Å²) in [6.07, 6.45) is 0.289. The van der Waals surface area contributed by atoms with E-state index < -0.39 is 0 Å². The highest BCUT2D eigenvalue weighted by Crippen LogP contribution is 2.35. The van der Waals surface area contributed by atoms with Gasteiger partial charge < -0.3 is 0 Å². The molecule has 0 radical (unpaired) electrons. The minimum Gasteiger partial charge on any atom is -0.292 e. The zero-order valence-corrected chi connectivity index (χ0v) is 12.7. The number of hydrogen-bond acceptors (Lipinski definition) is 2.